The molecule has 1 aliphatic heterocycles. The number of aliphatic hydroxyl groups excluding tert-OH is 1. The van der Waals surface area contributed by atoms with Gasteiger partial charge >= 0.3 is 6.18 Å². The molecule has 0 saturated carbocycles. The van der Waals surface area contributed by atoms with Crippen LogP contribution in [0.5, 0.6) is 5.75 Å². The highest BCUT2D eigenvalue weighted by Crippen LogP contribution is 2.43. The molecule has 0 bridgehead atoms. The first-order chi connectivity index (χ1) is 17.3. The number of ether oxygens (including phenoxy) is 2. The van der Waals surface area contributed by atoms with Gasteiger partial charge in [-0.3, -0.25) is 4.98 Å². The lowest BCUT2D eigenvalue weighted by Crippen LogP contribution is -2.17. The van der Waals surface area contributed by atoms with Gasteiger partial charge in [-0.25, -0.2) is 4.98 Å². The minimum atomic E-state index is -4.55. The van der Waals surface area contributed by atoms with Gasteiger partial charge in [-0.2, -0.15) is 13.2 Å². The molecule has 36 heavy (non-hydrogen) atoms. The minimum absolute atomic E-state index is 0.182. The van der Waals surface area contributed by atoms with E-state index in [4.69, 9.17) is 9.47 Å². The van der Waals surface area contributed by atoms with E-state index in [2.05, 4.69) is 9.97 Å². The summed E-state index contributed by atoms with van der Waals surface area (Å²) >= 11 is 0. The Labute approximate surface area is 206 Å². The third kappa shape index (κ3) is 4.51. The number of fused-ring (bicyclic) bond motifs is 1. The van der Waals surface area contributed by atoms with Crippen LogP contribution in [-0.4, -0.2) is 34.6 Å². The fraction of sp³-hybridized carbons (Fsp3) is 0.357. The summed E-state index contributed by atoms with van der Waals surface area (Å²) in [5, 5.41) is 12.1. The largest absolute Gasteiger partial charge is 0.493 e. The van der Waals surface area contributed by atoms with Crippen LogP contribution in [0.15, 0.2) is 42.6 Å². The zero-order valence-electron chi connectivity index (χ0n) is 20.2. The fourth-order valence-corrected chi connectivity index (χ4v) is 4.88. The smallest absolute Gasteiger partial charge is 0.433 e. The molecular formula is C28H27F3N2O3. The first-order valence-corrected chi connectivity index (χ1v) is 12.1. The van der Waals surface area contributed by atoms with Gasteiger partial charge in [0.15, 0.2) is 6.29 Å². The van der Waals surface area contributed by atoms with Crippen molar-refractivity contribution in [3.8, 4) is 16.9 Å². The molecule has 1 atom stereocenters. The Morgan fingerprint density at radius 3 is 2.78 bits per heavy atom. The van der Waals surface area contributed by atoms with E-state index in [9.17, 15) is 18.3 Å². The Kier molecular flexibility index (Phi) is 6.57. The maximum absolute atomic E-state index is 13.4. The molecule has 188 valence electrons. The normalized spacial score (nSPS) is 14.3. The van der Waals surface area contributed by atoms with Gasteiger partial charge in [0.1, 0.15) is 11.4 Å². The molecule has 3 heterocycles. The molecule has 0 amide bonds. The maximum atomic E-state index is 13.4. The molecule has 1 N–H and O–H groups in total. The minimum Gasteiger partial charge on any atom is -0.493 e. The number of aliphatic hydroxyl groups is 1. The molecular weight excluding hydrogens is 469 g/mol. The van der Waals surface area contributed by atoms with E-state index in [-0.39, 0.29) is 11.9 Å². The van der Waals surface area contributed by atoms with Gasteiger partial charge in [-0.15, -0.1) is 0 Å². The molecule has 2 aromatic carbocycles. The second kappa shape index (κ2) is 9.67. The highest BCUT2D eigenvalue weighted by atomic mass is 19.4. The predicted molar refractivity (Wildman–Crippen MR) is 132 cm³/mol. The number of nitrogens with zero attached hydrogens (tertiary/aromatic N) is 2. The van der Waals surface area contributed by atoms with Crippen molar-refractivity contribution in [3.05, 3.63) is 65.0 Å². The van der Waals surface area contributed by atoms with E-state index in [0.717, 1.165) is 58.7 Å². The highest BCUT2D eigenvalue weighted by molar-refractivity contribution is 6.07. The molecule has 0 aliphatic carbocycles. The second-order valence-electron chi connectivity index (χ2n) is 9.09. The predicted octanol–water partition coefficient (Wildman–Crippen LogP) is 6.39. The third-order valence-corrected chi connectivity index (χ3v) is 6.64. The Balaban J connectivity index is 1.75. The number of rotatable bonds is 7. The molecule has 1 unspecified atom stereocenters. The summed E-state index contributed by atoms with van der Waals surface area (Å²) < 4.78 is 51.8. The summed E-state index contributed by atoms with van der Waals surface area (Å²) in [5.41, 5.74) is 4.07. The van der Waals surface area contributed by atoms with Crippen molar-refractivity contribution in [1.29, 1.82) is 0 Å². The lowest BCUT2D eigenvalue weighted by Gasteiger charge is -2.23. The van der Waals surface area contributed by atoms with Crippen LogP contribution in [0.3, 0.4) is 0 Å². The average molecular weight is 497 g/mol. The van der Waals surface area contributed by atoms with Crippen molar-refractivity contribution < 1.29 is 27.8 Å². The molecule has 2 aromatic heterocycles. The number of benzene rings is 2. The number of hydrogen-bond acceptors (Lipinski definition) is 5. The number of hydrogen-bond donors (Lipinski definition) is 1. The Morgan fingerprint density at radius 1 is 1.17 bits per heavy atom. The first kappa shape index (κ1) is 24.5. The van der Waals surface area contributed by atoms with Crippen molar-refractivity contribution in [2.75, 3.05) is 13.2 Å². The average Bonchev–Trinajstić information content (AvgIpc) is 2.85. The number of aryl methyl sites for hydroxylation is 1. The van der Waals surface area contributed by atoms with Crippen molar-refractivity contribution in [2.24, 2.45) is 0 Å². The third-order valence-electron chi connectivity index (χ3n) is 6.64. The van der Waals surface area contributed by atoms with Crippen LogP contribution >= 0.6 is 0 Å². The SMILES string of the molecule is CCCCOC(O)Cc1c(C)cc2nc(C(F)(F)F)ccc2c1-c1ccc2c3c(ccnc13)CCO2. The Bertz CT molecular complexity index is 1430. The lowest BCUT2D eigenvalue weighted by molar-refractivity contribution is -0.140. The van der Waals surface area contributed by atoms with Crippen LogP contribution in [0.4, 0.5) is 13.2 Å². The summed E-state index contributed by atoms with van der Waals surface area (Å²) in [4.78, 5) is 8.61. The zero-order chi connectivity index (χ0) is 25.4. The summed E-state index contributed by atoms with van der Waals surface area (Å²) in [5.74, 6) is 0.738. The van der Waals surface area contributed by atoms with Crippen LogP contribution in [-0.2, 0) is 23.8 Å². The number of unbranched alkanes of at least 4 members (excludes halogenated alkanes) is 1. The monoisotopic (exact) mass is 496 g/mol. The van der Waals surface area contributed by atoms with Crippen LogP contribution in [0.1, 0.15) is 42.1 Å². The summed E-state index contributed by atoms with van der Waals surface area (Å²) in [7, 11) is 0. The first-order valence-electron chi connectivity index (χ1n) is 12.1. The number of aromatic nitrogens is 2. The van der Waals surface area contributed by atoms with Crippen LogP contribution < -0.4 is 4.74 Å². The van der Waals surface area contributed by atoms with E-state index < -0.39 is 18.2 Å². The van der Waals surface area contributed by atoms with Crippen molar-refractivity contribution in [3.63, 3.8) is 0 Å². The van der Waals surface area contributed by atoms with Crippen LogP contribution in [0, 0.1) is 6.92 Å². The molecule has 0 spiro atoms. The molecule has 5 rings (SSSR count). The van der Waals surface area contributed by atoms with Crippen LogP contribution in [0.2, 0.25) is 0 Å². The van der Waals surface area contributed by atoms with Gasteiger partial charge in [-0.1, -0.05) is 19.4 Å². The number of pyridine rings is 2. The van der Waals surface area contributed by atoms with Gasteiger partial charge in [0.25, 0.3) is 0 Å². The van der Waals surface area contributed by atoms with Gasteiger partial charge in [0.05, 0.1) is 17.6 Å². The van der Waals surface area contributed by atoms with Crippen molar-refractivity contribution in [2.45, 2.75) is 52.0 Å². The standard InChI is InChI=1S/C28H27F3N2O3/c1-3-4-12-36-24(34)15-20-16(2)14-21-18(6-8-23(33-21)28(29,30)31)26(20)19-5-7-22-25-17(10-13-35-22)9-11-32-27(19)25/h5-9,11,14,24,34H,3-4,10,12-13,15H2,1-2H3. The molecule has 4 aromatic rings. The zero-order valence-corrected chi connectivity index (χ0v) is 20.2. The van der Waals surface area contributed by atoms with E-state index in [1.807, 2.05) is 32.0 Å². The fourth-order valence-electron chi connectivity index (χ4n) is 4.88. The quantitative estimate of drug-likeness (QED) is 0.237. The van der Waals surface area contributed by atoms with Crippen molar-refractivity contribution in [1.82, 2.24) is 9.97 Å². The number of alkyl halides is 3. The molecule has 0 radical (unpaired) electrons. The molecule has 8 heteroatoms. The lowest BCUT2D eigenvalue weighted by atomic mass is 9.87. The summed E-state index contributed by atoms with van der Waals surface area (Å²) in [6.45, 7) is 4.87. The van der Waals surface area contributed by atoms with Gasteiger partial charge in [-0.05, 0) is 65.9 Å². The highest BCUT2D eigenvalue weighted by Gasteiger charge is 2.33. The van der Waals surface area contributed by atoms with Gasteiger partial charge < -0.3 is 14.6 Å². The van der Waals surface area contributed by atoms with E-state index in [0.29, 0.717) is 29.7 Å². The van der Waals surface area contributed by atoms with E-state index in [1.165, 1.54) is 6.07 Å². The van der Waals surface area contributed by atoms with Crippen molar-refractivity contribution >= 4 is 21.8 Å². The maximum Gasteiger partial charge on any atom is 0.433 e. The Morgan fingerprint density at radius 2 is 2.00 bits per heavy atom. The van der Waals surface area contributed by atoms with E-state index >= 15 is 0 Å². The second-order valence-corrected chi connectivity index (χ2v) is 9.09. The molecule has 0 fully saturated rings. The van der Waals surface area contributed by atoms with Crippen LogP contribution in [0.25, 0.3) is 32.9 Å². The van der Waals surface area contributed by atoms with E-state index in [1.54, 1.807) is 12.3 Å². The van der Waals surface area contributed by atoms with Gasteiger partial charge in [0, 0.05) is 42.0 Å². The topological polar surface area (TPSA) is 64.5 Å². The van der Waals surface area contributed by atoms with Gasteiger partial charge in [0.2, 0.25) is 0 Å². The molecule has 5 nitrogen and oxygen atoms in total. The molecule has 0 saturated heterocycles. The number of halogens is 3. The Hall–Kier alpha value is -3.23. The summed E-state index contributed by atoms with van der Waals surface area (Å²) in [6, 6.07) is 9.84. The summed E-state index contributed by atoms with van der Waals surface area (Å²) in [6.07, 6.45) is -1.17. The molecule has 1 aliphatic rings.